The second-order valence-corrected chi connectivity index (χ2v) is 7.71. The Labute approximate surface area is 154 Å². The van der Waals surface area contributed by atoms with Crippen LogP contribution in [-0.2, 0) is 20.4 Å². The number of hydrogen-bond acceptors (Lipinski definition) is 4. The largest absolute Gasteiger partial charge is 0.495 e. The number of rotatable bonds is 8. The summed E-state index contributed by atoms with van der Waals surface area (Å²) in [5.74, 6) is 0.233. The summed E-state index contributed by atoms with van der Waals surface area (Å²) in [4.78, 5) is -0.00309. The van der Waals surface area contributed by atoms with Crippen LogP contribution >= 0.6 is 11.6 Å². The predicted octanol–water partition coefficient (Wildman–Crippen LogP) is 3.58. The molecule has 0 aliphatic rings. The van der Waals surface area contributed by atoms with Gasteiger partial charge in [0.15, 0.2) is 0 Å². The predicted molar refractivity (Wildman–Crippen MR) is 98.6 cm³/mol. The van der Waals surface area contributed by atoms with Gasteiger partial charge in [-0.3, -0.25) is 0 Å². The molecule has 0 saturated carbocycles. The Morgan fingerprint density at radius 2 is 1.80 bits per heavy atom. The zero-order valence-electron chi connectivity index (χ0n) is 14.5. The van der Waals surface area contributed by atoms with Crippen LogP contribution in [0.2, 0.25) is 5.02 Å². The van der Waals surface area contributed by atoms with Gasteiger partial charge < -0.3 is 9.47 Å². The van der Waals surface area contributed by atoms with Gasteiger partial charge in [0.2, 0.25) is 10.0 Å². The molecule has 0 aromatic heterocycles. The first-order chi connectivity index (χ1) is 11.9. The van der Waals surface area contributed by atoms with Crippen LogP contribution in [0.25, 0.3) is 0 Å². The van der Waals surface area contributed by atoms with Crippen LogP contribution in [0.4, 0.5) is 0 Å². The number of halogens is 1. The molecule has 136 valence electrons. The van der Waals surface area contributed by atoms with Crippen molar-refractivity contribution in [3.05, 3.63) is 59.1 Å². The fourth-order valence-corrected chi connectivity index (χ4v) is 4.17. The molecular weight excluding hydrogens is 362 g/mol. The Balaban J connectivity index is 2.33. The van der Waals surface area contributed by atoms with E-state index in [-0.39, 0.29) is 17.2 Å². The van der Waals surface area contributed by atoms with Gasteiger partial charge in [0.25, 0.3) is 0 Å². The van der Waals surface area contributed by atoms with Crippen LogP contribution in [-0.4, -0.2) is 29.2 Å². The second kappa shape index (κ2) is 8.19. The van der Waals surface area contributed by atoms with Gasteiger partial charge in [-0.25, -0.2) is 13.1 Å². The molecule has 2 aromatic carbocycles. The van der Waals surface area contributed by atoms with Crippen molar-refractivity contribution in [1.29, 1.82) is 0 Å². The van der Waals surface area contributed by atoms with Gasteiger partial charge in [-0.1, -0.05) is 48.9 Å². The molecule has 0 fully saturated rings. The van der Waals surface area contributed by atoms with E-state index in [0.717, 1.165) is 5.56 Å². The molecule has 25 heavy (non-hydrogen) atoms. The van der Waals surface area contributed by atoms with E-state index in [2.05, 4.69) is 4.72 Å². The molecule has 2 aromatic rings. The van der Waals surface area contributed by atoms with E-state index < -0.39 is 15.6 Å². The molecule has 0 aliphatic carbocycles. The first-order valence-corrected chi connectivity index (χ1v) is 9.68. The molecular formula is C18H22ClNO4S. The normalized spacial score (nSPS) is 14.1. The van der Waals surface area contributed by atoms with Gasteiger partial charge in [-0.15, -0.1) is 0 Å². The summed E-state index contributed by atoms with van der Waals surface area (Å²) < 4.78 is 39.0. The van der Waals surface area contributed by atoms with Gasteiger partial charge >= 0.3 is 0 Å². The fraction of sp³-hybridized carbons (Fsp3) is 0.333. The van der Waals surface area contributed by atoms with E-state index >= 15 is 0 Å². The summed E-state index contributed by atoms with van der Waals surface area (Å²) in [6.45, 7) is 2.03. The summed E-state index contributed by atoms with van der Waals surface area (Å²) in [6, 6.07) is 14.0. The van der Waals surface area contributed by atoms with E-state index in [9.17, 15) is 8.42 Å². The van der Waals surface area contributed by atoms with E-state index in [4.69, 9.17) is 21.1 Å². The highest BCUT2D eigenvalue weighted by Crippen LogP contribution is 2.30. The van der Waals surface area contributed by atoms with Crippen LogP contribution < -0.4 is 9.46 Å². The van der Waals surface area contributed by atoms with Crippen LogP contribution in [0.15, 0.2) is 53.4 Å². The smallest absolute Gasteiger partial charge is 0.244 e. The summed E-state index contributed by atoms with van der Waals surface area (Å²) in [7, 11) is -0.838. The third-order valence-corrected chi connectivity index (χ3v) is 5.88. The van der Waals surface area contributed by atoms with Gasteiger partial charge in [0, 0.05) is 18.7 Å². The van der Waals surface area contributed by atoms with Crippen molar-refractivity contribution >= 4 is 21.6 Å². The Morgan fingerprint density at radius 3 is 2.36 bits per heavy atom. The summed E-state index contributed by atoms with van der Waals surface area (Å²) in [5.41, 5.74) is 0.140. The maximum absolute atomic E-state index is 12.8. The summed E-state index contributed by atoms with van der Waals surface area (Å²) in [5, 5.41) is 0.317. The lowest BCUT2D eigenvalue weighted by molar-refractivity contribution is -0.0133. The molecule has 0 saturated heterocycles. The van der Waals surface area contributed by atoms with E-state index in [0.29, 0.717) is 11.4 Å². The highest BCUT2D eigenvalue weighted by molar-refractivity contribution is 7.89. The lowest BCUT2D eigenvalue weighted by Gasteiger charge is -2.32. The zero-order chi connectivity index (χ0) is 18.5. The zero-order valence-corrected chi connectivity index (χ0v) is 16.0. The number of ether oxygens (including phenoxy) is 2. The van der Waals surface area contributed by atoms with Crippen molar-refractivity contribution in [3.8, 4) is 5.75 Å². The monoisotopic (exact) mass is 383 g/mol. The maximum Gasteiger partial charge on any atom is 0.244 e. The molecule has 0 bridgehead atoms. The van der Waals surface area contributed by atoms with Gasteiger partial charge in [0.05, 0.1) is 7.11 Å². The number of nitrogens with one attached hydrogen (secondary N) is 1. The fourth-order valence-electron chi connectivity index (χ4n) is 2.66. The van der Waals surface area contributed by atoms with Gasteiger partial charge in [-0.2, -0.15) is 0 Å². The third kappa shape index (κ3) is 4.33. The SMILES string of the molecule is CCC(CNS(=O)(=O)c1cc(Cl)ccc1OC)(OC)c1ccccc1. The molecule has 0 amide bonds. The molecule has 7 heteroatoms. The number of methoxy groups -OCH3 is 2. The van der Waals surface area contributed by atoms with E-state index in [1.807, 2.05) is 37.3 Å². The average Bonchev–Trinajstić information content (AvgIpc) is 2.64. The highest BCUT2D eigenvalue weighted by Gasteiger charge is 2.32. The minimum absolute atomic E-state index is 0.00309. The molecule has 2 rings (SSSR count). The Hall–Kier alpha value is -1.60. The summed E-state index contributed by atoms with van der Waals surface area (Å²) in [6.07, 6.45) is 0.600. The molecule has 1 unspecified atom stereocenters. The van der Waals surface area contributed by atoms with Crippen LogP contribution in [0.5, 0.6) is 5.75 Å². The maximum atomic E-state index is 12.8. The molecule has 0 radical (unpaired) electrons. The quantitative estimate of drug-likeness (QED) is 0.756. The number of benzene rings is 2. The van der Waals surface area contributed by atoms with Crippen molar-refractivity contribution in [2.24, 2.45) is 0 Å². The Morgan fingerprint density at radius 1 is 1.12 bits per heavy atom. The summed E-state index contributed by atoms with van der Waals surface area (Å²) >= 11 is 5.95. The van der Waals surface area contributed by atoms with Crippen molar-refractivity contribution in [3.63, 3.8) is 0 Å². The lowest BCUT2D eigenvalue weighted by atomic mass is 9.91. The number of sulfonamides is 1. The molecule has 1 atom stereocenters. The molecule has 0 heterocycles. The topological polar surface area (TPSA) is 64.6 Å². The lowest BCUT2D eigenvalue weighted by Crippen LogP contribution is -2.41. The second-order valence-electron chi connectivity index (χ2n) is 5.54. The van der Waals surface area contributed by atoms with Crippen LogP contribution in [0, 0.1) is 0 Å². The van der Waals surface area contributed by atoms with Crippen molar-refractivity contribution in [2.75, 3.05) is 20.8 Å². The number of hydrogen-bond donors (Lipinski definition) is 1. The van der Waals surface area contributed by atoms with E-state index in [1.165, 1.54) is 19.2 Å². The minimum atomic E-state index is -3.83. The van der Waals surface area contributed by atoms with Crippen LogP contribution in [0.3, 0.4) is 0 Å². The minimum Gasteiger partial charge on any atom is -0.495 e. The van der Waals surface area contributed by atoms with E-state index in [1.54, 1.807) is 13.2 Å². The molecule has 1 N–H and O–H groups in total. The third-order valence-electron chi connectivity index (χ3n) is 4.22. The van der Waals surface area contributed by atoms with Crippen LogP contribution in [0.1, 0.15) is 18.9 Å². The standard InChI is InChI=1S/C18H22ClNO4S/c1-4-18(24-3,14-8-6-5-7-9-14)13-20-25(21,22)17-12-15(19)10-11-16(17)23-2/h5-12,20H,4,13H2,1-3H3. The van der Waals surface area contributed by atoms with Crippen molar-refractivity contribution < 1.29 is 17.9 Å². The highest BCUT2D eigenvalue weighted by atomic mass is 35.5. The molecule has 0 spiro atoms. The Kier molecular flexibility index (Phi) is 6.46. The average molecular weight is 384 g/mol. The van der Waals surface area contributed by atoms with Crippen molar-refractivity contribution in [2.45, 2.75) is 23.8 Å². The van der Waals surface area contributed by atoms with Crippen molar-refractivity contribution in [1.82, 2.24) is 4.72 Å². The molecule has 0 aliphatic heterocycles. The molecule has 5 nitrogen and oxygen atoms in total. The van der Waals surface area contributed by atoms with Gasteiger partial charge in [0.1, 0.15) is 16.2 Å². The van der Waals surface area contributed by atoms with Gasteiger partial charge in [-0.05, 0) is 30.2 Å². The first kappa shape index (κ1) is 19.7. The first-order valence-electron chi connectivity index (χ1n) is 7.82. The Bertz CT molecular complexity index is 805.